The van der Waals surface area contributed by atoms with Crippen molar-refractivity contribution in [3.63, 3.8) is 0 Å². The first-order valence-electron chi connectivity index (χ1n) is 12.7. The van der Waals surface area contributed by atoms with Gasteiger partial charge in [0.25, 0.3) is 5.91 Å². The Hall–Kier alpha value is -5.01. The summed E-state index contributed by atoms with van der Waals surface area (Å²) >= 11 is 0. The van der Waals surface area contributed by atoms with Crippen molar-refractivity contribution in [1.82, 2.24) is 29.9 Å². The van der Waals surface area contributed by atoms with Gasteiger partial charge in [-0.15, -0.1) is 10.2 Å². The highest BCUT2D eigenvalue weighted by Crippen LogP contribution is 2.33. The number of rotatable bonds is 6. The fraction of sp³-hybridized carbons (Fsp3) is 0.259. The van der Waals surface area contributed by atoms with E-state index in [0.717, 1.165) is 11.8 Å². The summed E-state index contributed by atoms with van der Waals surface area (Å²) in [7, 11) is 0. The van der Waals surface area contributed by atoms with E-state index in [1.807, 2.05) is 6.07 Å². The SMILES string of the molecule is CCOC(=O)N1CCN(c2cccc(C(=O)Nc3ccc(-n4nc(-c5cccnc5)cc4C(F)(F)F)nn3)c2)CC1. The molecule has 212 valence electrons. The number of ether oxygens (including phenoxy) is 1. The molecule has 0 aliphatic carbocycles. The number of amides is 2. The Balaban J connectivity index is 1.28. The van der Waals surface area contributed by atoms with Crippen LogP contribution in [0.4, 0.5) is 29.5 Å². The average Bonchev–Trinajstić information content (AvgIpc) is 3.45. The first-order chi connectivity index (χ1) is 19.7. The van der Waals surface area contributed by atoms with Crippen LogP contribution in [0.1, 0.15) is 23.0 Å². The van der Waals surface area contributed by atoms with E-state index in [-0.39, 0.29) is 23.4 Å². The molecule has 1 fully saturated rings. The molecule has 0 radical (unpaired) electrons. The summed E-state index contributed by atoms with van der Waals surface area (Å²) in [5.41, 5.74) is 0.630. The summed E-state index contributed by atoms with van der Waals surface area (Å²) in [6.07, 6.45) is -2.12. The summed E-state index contributed by atoms with van der Waals surface area (Å²) in [6, 6.07) is 13.7. The number of piperazine rings is 1. The lowest BCUT2D eigenvalue weighted by Crippen LogP contribution is -2.49. The fourth-order valence-electron chi connectivity index (χ4n) is 4.31. The molecule has 0 bridgehead atoms. The minimum atomic E-state index is -4.70. The lowest BCUT2D eigenvalue weighted by Gasteiger charge is -2.35. The molecule has 2 amide bonds. The number of pyridine rings is 1. The number of carbonyl (C=O) groups excluding carboxylic acids is 2. The Morgan fingerprint density at radius 2 is 1.80 bits per heavy atom. The zero-order valence-electron chi connectivity index (χ0n) is 21.9. The molecular weight excluding hydrogens is 541 g/mol. The molecular formula is C27H25F3N8O3. The molecule has 1 aliphatic rings. The predicted octanol–water partition coefficient (Wildman–Crippen LogP) is 4.27. The number of anilines is 2. The van der Waals surface area contributed by atoms with Crippen molar-refractivity contribution in [1.29, 1.82) is 0 Å². The van der Waals surface area contributed by atoms with Gasteiger partial charge < -0.3 is 19.9 Å². The molecule has 0 unspecified atom stereocenters. The smallest absolute Gasteiger partial charge is 0.433 e. The first kappa shape index (κ1) is 27.6. The topological polar surface area (TPSA) is 118 Å². The van der Waals surface area contributed by atoms with Gasteiger partial charge in [0.2, 0.25) is 0 Å². The molecule has 1 aliphatic heterocycles. The maximum absolute atomic E-state index is 13.7. The van der Waals surface area contributed by atoms with Gasteiger partial charge in [0, 0.05) is 55.4 Å². The summed E-state index contributed by atoms with van der Waals surface area (Å²) in [4.78, 5) is 32.5. The van der Waals surface area contributed by atoms with Gasteiger partial charge in [-0.05, 0) is 55.5 Å². The van der Waals surface area contributed by atoms with E-state index in [9.17, 15) is 22.8 Å². The van der Waals surface area contributed by atoms with Crippen LogP contribution in [0, 0.1) is 0 Å². The summed E-state index contributed by atoms with van der Waals surface area (Å²) < 4.78 is 46.9. The van der Waals surface area contributed by atoms with E-state index in [4.69, 9.17) is 4.74 Å². The molecule has 14 heteroatoms. The number of nitrogens with one attached hydrogen (secondary N) is 1. The van der Waals surface area contributed by atoms with E-state index >= 15 is 0 Å². The number of aromatic nitrogens is 5. The van der Waals surface area contributed by atoms with Crippen molar-refractivity contribution in [3.8, 4) is 17.1 Å². The van der Waals surface area contributed by atoms with Crippen molar-refractivity contribution < 1.29 is 27.5 Å². The van der Waals surface area contributed by atoms with E-state index in [1.165, 1.54) is 24.5 Å². The summed E-state index contributed by atoms with van der Waals surface area (Å²) in [5, 5.41) is 14.5. The number of hydrogen-bond donors (Lipinski definition) is 1. The van der Waals surface area contributed by atoms with Gasteiger partial charge in [-0.1, -0.05) is 6.07 Å². The molecule has 4 aromatic rings. The van der Waals surface area contributed by atoms with Crippen molar-refractivity contribution >= 4 is 23.5 Å². The van der Waals surface area contributed by atoms with Crippen LogP contribution in [0.15, 0.2) is 67.0 Å². The molecule has 1 aromatic carbocycles. The third-order valence-corrected chi connectivity index (χ3v) is 6.35. The van der Waals surface area contributed by atoms with Crippen LogP contribution in [-0.4, -0.2) is 74.6 Å². The molecule has 1 N–H and O–H groups in total. The van der Waals surface area contributed by atoms with E-state index in [1.54, 1.807) is 42.2 Å². The lowest BCUT2D eigenvalue weighted by molar-refractivity contribution is -0.142. The third kappa shape index (κ3) is 6.26. The maximum Gasteiger partial charge on any atom is 0.433 e. The molecule has 41 heavy (non-hydrogen) atoms. The highest BCUT2D eigenvalue weighted by Gasteiger charge is 2.37. The van der Waals surface area contributed by atoms with Crippen LogP contribution in [0.2, 0.25) is 0 Å². The number of halogens is 3. The normalized spacial score (nSPS) is 13.7. The van der Waals surface area contributed by atoms with Crippen LogP contribution in [0.25, 0.3) is 17.1 Å². The molecule has 0 saturated carbocycles. The number of benzene rings is 1. The van der Waals surface area contributed by atoms with Gasteiger partial charge >= 0.3 is 12.3 Å². The number of alkyl halides is 3. The van der Waals surface area contributed by atoms with Crippen LogP contribution < -0.4 is 10.2 Å². The van der Waals surface area contributed by atoms with Gasteiger partial charge in [0.05, 0.1) is 12.3 Å². The third-order valence-electron chi connectivity index (χ3n) is 6.35. The number of carbonyl (C=O) groups is 2. The van der Waals surface area contributed by atoms with Crippen molar-refractivity contribution in [2.75, 3.05) is 43.0 Å². The van der Waals surface area contributed by atoms with Gasteiger partial charge in [-0.3, -0.25) is 9.78 Å². The Morgan fingerprint density at radius 1 is 1.00 bits per heavy atom. The minimum Gasteiger partial charge on any atom is -0.450 e. The van der Waals surface area contributed by atoms with E-state index in [0.29, 0.717) is 48.6 Å². The largest absolute Gasteiger partial charge is 0.450 e. The second-order valence-electron chi connectivity index (χ2n) is 9.02. The van der Waals surface area contributed by atoms with Crippen molar-refractivity contribution in [2.24, 2.45) is 0 Å². The van der Waals surface area contributed by atoms with E-state index in [2.05, 4.69) is 30.5 Å². The highest BCUT2D eigenvalue weighted by molar-refractivity contribution is 6.04. The van der Waals surface area contributed by atoms with Crippen molar-refractivity contribution in [2.45, 2.75) is 13.1 Å². The fourth-order valence-corrected chi connectivity index (χ4v) is 4.31. The summed E-state index contributed by atoms with van der Waals surface area (Å²) in [5.74, 6) is -0.581. The molecule has 0 atom stereocenters. The second-order valence-corrected chi connectivity index (χ2v) is 9.02. The molecule has 3 aromatic heterocycles. The highest BCUT2D eigenvalue weighted by atomic mass is 19.4. The average molecular weight is 567 g/mol. The molecule has 11 nitrogen and oxygen atoms in total. The second kappa shape index (κ2) is 11.6. The van der Waals surface area contributed by atoms with Gasteiger partial charge in [-0.2, -0.15) is 18.3 Å². The first-order valence-corrected chi connectivity index (χ1v) is 12.7. The Labute approximate surface area is 232 Å². The van der Waals surface area contributed by atoms with Gasteiger partial charge in [-0.25, -0.2) is 9.48 Å². The predicted molar refractivity (Wildman–Crippen MR) is 143 cm³/mol. The van der Waals surface area contributed by atoms with Crippen LogP contribution >= 0.6 is 0 Å². The van der Waals surface area contributed by atoms with Gasteiger partial charge in [0.1, 0.15) is 0 Å². The number of nitrogens with zero attached hydrogens (tertiary/aromatic N) is 7. The standard InChI is InChI=1S/C27H25F3N8O3/c1-2-41-26(40)37-13-11-36(12-14-37)20-7-3-5-18(15-20)25(39)32-23-8-9-24(34-33-23)38-22(27(28,29)30)16-21(35-38)19-6-4-10-31-17-19/h3-10,15-17H,2,11-14H2,1H3,(H,32,33,39). The van der Waals surface area contributed by atoms with Crippen LogP contribution in [0.5, 0.6) is 0 Å². The molecule has 5 rings (SSSR count). The monoisotopic (exact) mass is 566 g/mol. The summed E-state index contributed by atoms with van der Waals surface area (Å²) in [6.45, 7) is 4.21. The molecule has 4 heterocycles. The van der Waals surface area contributed by atoms with E-state index < -0.39 is 17.8 Å². The van der Waals surface area contributed by atoms with Crippen LogP contribution in [0.3, 0.4) is 0 Å². The molecule has 0 spiro atoms. The van der Waals surface area contributed by atoms with Crippen LogP contribution in [-0.2, 0) is 10.9 Å². The quantitative estimate of drug-likeness (QED) is 0.368. The maximum atomic E-state index is 13.7. The Kier molecular flexibility index (Phi) is 7.81. The van der Waals surface area contributed by atoms with Gasteiger partial charge in [0.15, 0.2) is 17.3 Å². The zero-order chi connectivity index (χ0) is 29.0. The minimum absolute atomic E-state index is 0.0559. The number of hydrogen-bond acceptors (Lipinski definition) is 8. The zero-order valence-corrected chi connectivity index (χ0v) is 21.9. The van der Waals surface area contributed by atoms with Crippen molar-refractivity contribution in [3.05, 3.63) is 78.2 Å². The lowest BCUT2D eigenvalue weighted by atomic mass is 10.1. The Morgan fingerprint density at radius 3 is 2.46 bits per heavy atom. The molecule has 1 saturated heterocycles. The Bertz CT molecular complexity index is 1520.